The zero-order valence-corrected chi connectivity index (χ0v) is 11.4. The fourth-order valence-corrected chi connectivity index (χ4v) is 2.18. The molecule has 1 N–H and O–H groups in total. The van der Waals surface area contributed by atoms with Crippen LogP contribution in [0.2, 0.25) is 0 Å². The van der Waals surface area contributed by atoms with Crippen molar-refractivity contribution < 1.29 is 4.79 Å². The van der Waals surface area contributed by atoms with Crippen LogP contribution in [0.5, 0.6) is 0 Å². The topological polar surface area (TPSA) is 72.7 Å². The zero-order valence-electron chi connectivity index (χ0n) is 11.4. The summed E-state index contributed by atoms with van der Waals surface area (Å²) in [6.45, 7) is 1.30. The highest BCUT2D eigenvalue weighted by atomic mass is 16.1. The normalized spacial score (nSPS) is 10.7. The number of nitrogens with one attached hydrogen (secondary N) is 1. The summed E-state index contributed by atoms with van der Waals surface area (Å²) in [4.78, 5) is 20.3. The number of aromatic nitrogens is 4. The molecule has 0 aliphatic carbocycles. The lowest BCUT2D eigenvalue weighted by Crippen LogP contribution is -2.26. The van der Waals surface area contributed by atoms with Crippen molar-refractivity contribution in [1.29, 1.82) is 0 Å². The van der Waals surface area contributed by atoms with Crippen LogP contribution in [-0.4, -0.2) is 32.2 Å². The Morgan fingerprint density at radius 3 is 3.00 bits per heavy atom. The summed E-state index contributed by atoms with van der Waals surface area (Å²) in [6, 6.07) is 9.63. The number of fused-ring (bicyclic) bond motifs is 1. The third-order valence-corrected chi connectivity index (χ3v) is 3.20. The smallest absolute Gasteiger partial charge is 0.270 e. The summed E-state index contributed by atoms with van der Waals surface area (Å²) < 4.78 is 1.74. The van der Waals surface area contributed by atoms with E-state index in [9.17, 15) is 4.79 Å². The van der Waals surface area contributed by atoms with Crippen molar-refractivity contribution in [3.8, 4) is 0 Å². The number of hydrogen-bond donors (Lipinski definition) is 1. The minimum Gasteiger partial charge on any atom is -0.351 e. The maximum atomic E-state index is 12.2. The molecule has 21 heavy (non-hydrogen) atoms. The van der Waals surface area contributed by atoms with E-state index < -0.39 is 0 Å². The molecule has 2 heterocycles. The Morgan fingerprint density at radius 1 is 1.24 bits per heavy atom. The Bertz CT molecular complexity index is 733. The highest BCUT2D eigenvalue weighted by Crippen LogP contribution is 2.15. The number of carbonyl (C=O) groups excluding carboxylic acids is 1. The number of nitrogens with zero attached hydrogens (tertiary/aromatic N) is 4. The van der Waals surface area contributed by atoms with Crippen LogP contribution in [0.3, 0.4) is 0 Å². The molecule has 3 rings (SSSR count). The van der Waals surface area contributed by atoms with Gasteiger partial charge in [0.2, 0.25) is 0 Å². The Kier molecular flexibility index (Phi) is 3.86. The van der Waals surface area contributed by atoms with E-state index in [4.69, 9.17) is 0 Å². The van der Waals surface area contributed by atoms with Crippen molar-refractivity contribution >= 4 is 16.7 Å². The summed E-state index contributed by atoms with van der Waals surface area (Å²) in [5, 5.41) is 8.79. The number of carbonyl (C=O) groups is 1. The minimum atomic E-state index is -0.148. The average Bonchev–Trinajstić information content (AvgIpc) is 3.04. The van der Waals surface area contributed by atoms with Crippen molar-refractivity contribution in [3.05, 3.63) is 54.9 Å². The summed E-state index contributed by atoms with van der Waals surface area (Å²) >= 11 is 0. The molecule has 0 aliphatic rings. The summed E-state index contributed by atoms with van der Waals surface area (Å²) in [5.41, 5.74) is 0.467. The van der Waals surface area contributed by atoms with Gasteiger partial charge in [0.15, 0.2) is 0 Å². The van der Waals surface area contributed by atoms with E-state index >= 15 is 0 Å². The Labute approximate surface area is 121 Å². The third kappa shape index (κ3) is 3.05. The molecule has 0 radical (unpaired) electrons. The quantitative estimate of drug-likeness (QED) is 0.722. The largest absolute Gasteiger partial charge is 0.351 e. The van der Waals surface area contributed by atoms with E-state index in [-0.39, 0.29) is 5.91 Å². The third-order valence-electron chi connectivity index (χ3n) is 3.20. The molecule has 0 fully saturated rings. The summed E-state index contributed by atoms with van der Waals surface area (Å²) in [7, 11) is 0. The van der Waals surface area contributed by atoms with E-state index in [2.05, 4.69) is 20.4 Å². The van der Waals surface area contributed by atoms with Gasteiger partial charge in [0.25, 0.3) is 5.91 Å². The molecular formula is C15H15N5O. The molecule has 0 aliphatic heterocycles. The van der Waals surface area contributed by atoms with E-state index in [0.29, 0.717) is 12.2 Å². The fraction of sp³-hybridized carbons (Fsp3) is 0.200. The molecule has 0 saturated heterocycles. The first kappa shape index (κ1) is 13.2. The second-order valence-electron chi connectivity index (χ2n) is 4.65. The fourth-order valence-electron chi connectivity index (χ4n) is 2.18. The van der Waals surface area contributed by atoms with Gasteiger partial charge in [-0.3, -0.25) is 14.5 Å². The van der Waals surface area contributed by atoms with E-state index in [1.54, 1.807) is 17.2 Å². The number of aryl methyl sites for hydroxylation is 1. The van der Waals surface area contributed by atoms with Gasteiger partial charge < -0.3 is 5.32 Å². The number of benzene rings is 1. The van der Waals surface area contributed by atoms with Gasteiger partial charge in [-0.2, -0.15) is 5.10 Å². The van der Waals surface area contributed by atoms with E-state index in [0.717, 1.165) is 23.7 Å². The number of amides is 1. The summed E-state index contributed by atoms with van der Waals surface area (Å²) in [5.74, 6) is -0.148. The zero-order chi connectivity index (χ0) is 14.5. The van der Waals surface area contributed by atoms with Gasteiger partial charge in [-0.15, -0.1) is 0 Å². The highest BCUT2D eigenvalue weighted by Gasteiger charge is 2.10. The number of hydrogen-bond acceptors (Lipinski definition) is 4. The molecule has 6 heteroatoms. The predicted molar refractivity (Wildman–Crippen MR) is 78.7 cm³/mol. The molecule has 0 saturated carbocycles. The van der Waals surface area contributed by atoms with Gasteiger partial charge >= 0.3 is 0 Å². The molecular weight excluding hydrogens is 266 g/mol. The van der Waals surface area contributed by atoms with Crippen LogP contribution in [0.25, 0.3) is 10.8 Å². The molecule has 0 spiro atoms. The van der Waals surface area contributed by atoms with Crippen molar-refractivity contribution in [1.82, 2.24) is 25.1 Å². The molecule has 0 bridgehead atoms. The molecule has 0 atom stereocenters. The molecule has 1 aromatic carbocycles. The highest BCUT2D eigenvalue weighted by molar-refractivity contribution is 6.05. The van der Waals surface area contributed by atoms with Crippen molar-refractivity contribution in [2.45, 2.75) is 13.0 Å². The van der Waals surface area contributed by atoms with Gasteiger partial charge in [-0.25, -0.2) is 4.98 Å². The van der Waals surface area contributed by atoms with Crippen LogP contribution in [0.4, 0.5) is 0 Å². The monoisotopic (exact) mass is 281 g/mol. The van der Waals surface area contributed by atoms with Crippen molar-refractivity contribution in [2.75, 3.05) is 6.54 Å². The molecule has 106 valence electrons. The van der Waals surface area contributed by atoms with Crippen LogP contribution < -0.4 is 5.32 Å². The van der Waals surface area contributed by atoms with Crippen molar-refractivity contribution in [3.63, 3.8) is 0 Å². The molecule has 3 aromatic rings. The average molecular weight is 281 g/mol. The Balaban J connectivity index is 1.62. The lowest BCUT2D eigenvalue weighted by molar-refractivity contribution is 0.0949. The Morgan fingerprint density at radius 2 is 2.14 bits per heavy atom. The molecule has 0 unspecified atom stereocenters. The minimum absolute atomic E-state index is 0.148. The van der Waals surface area contributed by atoms with Crippen LogP contribution >= 0.6 is 0 Å². The van der Waals surface area contributed by atoms with Crippen LogP contribution in [0, 0.1) is 0 Å². The lowest BCUT2D eigenvalue weighted by Gasteiger charge is -2.07. The molecule has 2 aromatic heterocycles. The molecule has 1 amide bonds. The lowest BCUT2D eigenvalue weighted by atomic mass is 10.1. The SMILES string of the molecule is O=C(NCCCn1cncn1)c1nccc2ccccc12. The first-order valence-corrected chi connectivity index (χ1v) is 6.79. The number of pyridine rings is 1. The van der Waals surface area contributed by atoms with Gasteiger partial charge in [0.1, 0.15) is 18.3 Å². The second-order valence-corrected chi connectivity index (χ2v) is 4.65. The van der Waals surface area contributed by atoms with Gasteiger partial charge in [-0.05, 0) is 17.9 Å². The summed E-state index contributed by atoms with van der Waals surface area (Å²) in [6.07, 6.45) is 5.61. The van der Waals surface area contributed by atoms with Gasteiger partial charge in [0.05, 0.1) is 0 Å². The second kappa shape index (κ2) is 6.13. The van der Waals surface area contributed by atoms with Crippen LogP contribution in [0.15, 0.2) is 49.2 Å². The number of rotatable bonds is 5. The van der Waals surface area contributed by atoms with Gasteiger partial charge in [-0.1, -0.05) is 24.3 Å². The van der Waals surface area contributed by atoms with E-state index in [1.807, 2.05) is 30.3 Å². The van der Waals surface area contributed by atoms with Gasteiger partial charge in [0, 0.05) is 24.7 Å². The van der Waals surface area contributed by atoms with Crippen molar-refractivity contribution in [2.24, 2.45) is 0 Å². The first-order valence-electron chi connectivity index (χ1n) is 6.79. The first-order chi connectivity index (χ1) is 10.3. The van der Waals surface area contributed by atoms with E-state index in [1.165, 1.54) is 6.33 Å². The predicted octanol–water partition coefficient (Wildman–Crippen LogP) is 1.65. The van der Waals surface area contributed by atoms with Crippen LogP contribution in [0.1, 0.15) is 16.9 Å². The standard InChI is InChI=1S/C15H15N5O/c21-15(18-7-3-9-20-11-16-10-19-20)14-13-5-2-1-4-12(13)6-8-17-14/h1-2,4-6,8,10-11H,3,7,9H2,(H,18,21). The Hall–Kier alpha value is -2.76. The maximum Gasteiger partial charge on any atom is 0.270 e. The molecule has 6 nitrogen and oxygen atoms in total. The van der Waals surface area contributed by atoms with Crippen LogP contribution in [-0.2, 0) is 6.54 Å². The maximum absolute atomic E-state index is 12.2.